The minimum Gasteiger partial charge on any atom is -0.496 e. The maximum atomic E-state index is 12.4. The Hall–Kier alpha value is -2.24. The molecular weight excluding hydrogens is 330 g/mol. The molecule has 5 nitrogen and oxygen atoms in total. The topological polar surface area (TPSA) is 67.8 Å². The number of rotatable bonds is 4. The summed E-state index contributed by atoms with van der Waals surface area (Å²) in [7, 11) is 1.51. The monoisotopic (exact) mass is 347 g/mol. The van der Waals surface area contributed by atoms with Gasteiger partial charge in [-0.3, -0.25) is 4.79 Å². The molecule has 1 amide bonds. The largest absolute Gasteiger partial charge is 0.496 e. The number of hydrogen-bond acceptors (Lipinski definition) is 4. The van der Waals surface area contributed by atoms with E-state index in [0.717, 1.165) is 11.1 Å². The predicted octanol–water partition coefficient (Wildman–Crippen LogP) is 3.09. The molecule has 1 heterocycles. The molecule has 0 aromatic heterocycles. The lowest BCUT2D eigenvalue weighted by Gasteiger charge is -2.22. The standard InChI is InChI=1S/C18H18ClNO4/c1-23-16-5-3-12(19)9-14(16)18(22)20-10-11-2-4-13-15(21)6-7-24-17(13)8-11/h2-5,8-9,15,21H,6-7,10H2,1H3,(H,20,22). The van der Waals surface area contributed by atoms with Gasteiger partial charge in [0.1, 0.15) is 11.5 Å². The van der Waals surface area contributed by atoms with Gasteiger partial charge in [-0.05, 0) is 29.8 Å². The van der Waals surface area contributed by atoms with Gasteiger partial charge in [-0.25, -0.2) is 0 Å². The van der Waals surface area contributed by atoms with Gasteiger partial charge in [0.05, 0.1) is 25.4 Å². The third kappa shape index (κ3) is 3.47. The second-order valence-electron chi connectivity index (χ2n) is 5.55. The molecule has 2 N–H and O–H groups in total. The van der Waals surface area contributed by atoms with E-state index >= 15 is 0 Å². The Bertz CT molecular complexity index is 763. The van der Waals surface area contributed by atoms with Crippen molar-refractivity contribution in [1.29, 1.82) is 0 Å². The van der Waals surface area contributed by atoms with Crippen LogP contribution in [0.3, 0.4) is 0 Å². The van der Waals surface area contributed by atoms with Crippen LogP contribution in [0.1, 0.15) is 34.0 Å². The molecule has 2 aromatic rings. The molecule has 3 rings (SSSR count). The van der Waals surface area contributed by atoms with Crippen LogP contribution in [0.5, 0.6) is 11.5 Å². The number of benzene rings is 2. The summed E-state index contributed by atoms with van der Waals surface area (Å²) in [5, 5.41) is 13.2. The molecule has 1 atom stereocenters. The number of carbonyl (C=O) groups excluding carboxylic acids is 1. The third-order valence-electron chi connectivity index (χ3n) is 3.95. The number of fused-ring (bicyclic) bond motifs is 1. The van der Waals surface area contributed by atoms with Gasteiger partial charge in [0.15, 0.2) is 0 Å². The highest BCUT2D eigenvalue weighted by atomic mass is 35.5. The summed E-state index contributed by atoms with van der Waals surface area (Å²) in [5.41, 5.74) is 2.06. The number of aliphatic hydroxyl groups excluding tert-OH is 1. The van der Waals surface area contributed by atoms with E-state index in [0.29, 0.717) is 41.7 Å². The SMILES string of the molecule is COc1ccc(Cl)cc1C(=O)NCc1ccc2c(c1)OCCC2O. The maximum absolute atomic E-state index is 12.4. The van der Waals surface area contributed by atoms with Crippen LogP contribution in [-0.4, -0.2) is 24.7 Å². The summed E-state index contributed by atoms with van der Waals surface area (Å²) in [6, 6.07) is 10.4. The first kappa shape index (κ1) is 16.6. The first-order chi connectivity index (χ1) is 11.6. The number of aliphatic hydroxyl groups is 1. The van der Waals surface area contributed by atoms with Crippen molar-refractivity contribution in [1.82, 2.24) is 5.32 Å². The number of ether oxygens (including phenoxy) is 2. The van der Waals surface area contributed by atoms with Crippen molar-refractivity contribution >= 4 is 17.5 Å². The molecule has 0 aliphatic carbocycles. The van der Waals surface area contributed by atoms with E-state index in [4.69, 9.17) is 21.1 Å². The Balaban J connectivity index is 1.72. The number of hydrogen-bond donors (Lipinski definition) is 2. The summed E-state index contributed by atoms with van der Waals surface area (Å²) in [6.45, 7) is 0.824. The Morgan fingerprint density at radius 1 is 1.38 bits per heavy atom. The van der Waals surface area contributed by atoms with Crippen LogP contribution in [0.25, 0.3) is 0 Å². The quantitative estimate of drug-likeness (QED) is 0.891. The minimum absolute atomic E-state index is 0.270. The smallest absolute Gasteiger partial charge is 0.255 e. The van der Waals surface area contributed by atoms with Crippen molar-refractivity contribution in [2.45, 2.75) is 19.1 Å². The van der Waals surface area contributed by atoms with E-state index in [1.807, 2.05) is 18.2 Å². The molecule has 0 saturated heterocycles. The van der Waals surface area contributed by atoms with Crippen molar-refractivity contribution in [3.05, 3.63) is 58.1 Å². The van der Waals surface area contributed by atoms with E-state index < -0.39 is 6.10 Å². The molecule has 24 heavy (non-hydrogen) atoms. The van der Waals surface area contributed by atoms with Crippen LogP contribution < -0.4 is 14.8 Å². The molecular formula is C18H18ClNO4. The third-order valence-corrected chi connectivity index (χ3v) is 4.18. The molecule has 126 valence electrons. The summed E-state index contributed by atoms with van der Waals surface area (Å²) in [4.78, 5) is 12.4. The Kier molecular flexibility index (Phi) is 4.92. The molecule has 1 unspecified atom stereocenters. The maximum Gasteiger partial charge on any atom is 0.255 e. The second kappa shape index (κ2) is 7.11. The molecule has 0 radical (unpaired) electrons. The first-order valence-electron chi connectivity index (χ1n) is 7.64. The summed E-state index contributed by atoms with van der Waals surface area (Å²) < 4.78 is 10.8. The minimum atomic E-state index is -0.492. The van der Waals surface area contributed by atoms with Gasteiger partial charge in [0.2, 0.25) is 0 Å². The van der Waals surface area contributed by atoms with Crippen molar-refractivity contribution in [2.24, 2.45) is 0 Å². The lowest BCUT2D eigenvalue weighted by molar-refractivity contribution is 0.0947. The Labute approximate surface area is 145 Å². The molecule has 2 aromatic carbocycles. The average Bonchev–Trinajstić information content (AvgIpc) is 2.59. The molecule has 0 saturated carbocycles. The highest BCUT2D eigenvalue weighted by Crippen LogP contribution is 2.32. The summed E-state index contributed by atoms with van der Waals surface area (Å²) in [5.74, 6) is 0.864. The molecule has 6 heteroatoms. The number of nitrogens with one attached hydrogen (secondary N) is 1. The molecule has 0 bridgehead atoms. The lowest BCUT2D eigenvalue weighted by Crippen LogP contribution is -2.23. The Morgan fingerprint density at radius 2 is 2.21 bits per heavy atom. The van der Waals surface area contributed by atoms with Crippen LogP contribution >= 0.6 is 11.6 Å². The fourth-order valence-electron chi connectivity index (χ4n) is 2.66. The van der Waals surface area contributed by atoms with Crippen LogP contribution in [0.4, 0.5) is 0 Å². The van der Waals surface area contributed by atoms with E-state index in [2.05, 4.69) is 5.32 Å². The van der Waals surface area contributed by atoms with Gasteiger partial charge in [0, 0.05) is 23.6 Å². The zero-order valence-corrected chi connectivity index (χ0v) is 14.0. The van der Waals surface area contributed by atoms with Crippen LogP contribution in [0.2, 0.25) is 5.02 Å². The van der Waals surface area contributed by atoms with E-state index in [-0.39, 0.29) is 5.91 Å². The Morgan fingerprint density at radius 3 is 3.00 bits per heavy atom. The molecule has 1 aliphatic heterocycles. The van der Waals surface area contributed by atoms with Crippen molar-refractivity contribution in [3.8, 4) is 11.5 Å². The van der Waals surface area contributed by atoms with E-state index in [1.165, 1.54) is 7.11 Å². The normalized spacial score (nSPS) is 16.0. The van der Waals surface area contributed by atoms with Crippen molar-refractivity contribution in [3.63, 3.8) is 0 Å². The number of amides is 1. The number of methoxy groups -OCH3 is 1. The van der Waals surface area contributed by atoms with Crippen LogP contribution in [0.15, 0.2) is 36.4 Å². The molecule has 1 aliphatic rings. The average molecular weight is 348 g/mol. The van der Waals surface area contributed by atoms with Gasteiger partial charge in [0.25, 0.3) is 5.91 Å². The number of carbonyl (C=O) groups is 1. The van der Waals surface area contributed by atoms with Gasteiger partial charge >= 0.3 is 0 Å². The highest BCUT2D eigenvalue weighted by Gasteiger charge is 2.19. The van der Waals surface area contributed by atoms with E-state index in [9.17, 15) is 9.90 Å². The van der Waals surface area contributed by atoms with E-state index in [1.54, 1.807) is 18.2 Å². The molecule has 0 fully saturated rings. The molecule has 0 spiro atoms. The van der Waals surface area contributed by atoms with Gasteiger partial charge < -0.3 is 19.9 Å². The van der Waals surface area contributed by atoms with Crippen LogP contribution in [0, 0.1) is 0 Å². The highest BCUT2D eigenvalue weighted by molar-refractivity contribution is 6.31. The van der Waals surface area contributed by atoms with Crippen molar-refractivity contribution in [2.75, 3.05) is 13.7 Å². The van der Waals surface area contributed by atoms with Gasteiger partial charge in [-0.1, -0.05) is 23.7 Å². The first-order valence-corrected chi connectivity index (χ1v) is 8.01. The van der Waals surface area contributed by atoms with Gasteiger partial charge in [-0.2, -0.15) is 0 Å². The predicted molar refractivity (Wildman–Crippen MR) is 90.7 cm³/mol. The zero-order valence-electron chi connectivity index (χ0n) is 13.2. The summed E-state index contributed by atoms with van der Waals surface area (Å²) in [6.07, 6.45) is 0.102. The summed E-state index contributed by atoms with van der Waals surface area (Å²) >= 11 is 5.95. The number of halogens is 1. The fourth-order valence-corrected chi connectivity index (χ4v) is 2.83. The van der Waals surface area contributed by atoms with Gasteiger partial charge in [-0.15, -0.1) is 0 Å². The van der Waals surface area contributed by atoms with Crippen LogP contribution in [-0.2, 0) is 6.54 Å². The lowest BCUT2D eigenvalue weighted by atomic mass is 10.0. The van der Waals surface area contributed by atoms with Crippen molar-refractivity contribution < 1.29 is 19.4 Å². The fraction of sp³-hybridized carbons (Fsp3) is 0.278. The second-order valence-corrected chi connectivity index (χ2v) is 5.99. The zero-order chi connectivity index (χ0) is 17.1.